The summed E-state index contributed by atoms with van der Waals surface area (Å²) < 4.78 is 15.7. The molecule has 0 unspecified atom stereocenters. The normalized spacial score (nSPS) is 10.3. The van der Waals surface area contributed by atoms with Crippen molar-refractivity contribution in [3.05, 3.63) is 24.1 Å². The van der Waals surface area contributed by atoms with Crippen LogP contribution in [-0.2, 0) is 6.42 Å². The van der Waals surface area contributed by atoms with Crippen LogP contribution in [0.4, 0.5) is 11.7 Å². The van der Waals surface area contributed by atoms with Crippen LogP contribution in [0.25, 0.3) is 0 Å². The highest BCUT2D eigenvalue weighted by molar-refractivity contribution is 5.58. The lowest BCUT2D eigenvalue weighted by Gasteiger charge is -2.08. The summed E-state index contributed by atoms with van der Waals surface area (Å²) in [7, 11) is 3.18. The minimum Gasteiger partial charge on any atom is -0.497 e. The van der Waals surface area contributed by atoms with Crippen molar-refractivity contribution in [3.63, 3.8) is 0 Å². The van der Waals surface area contributed by atoms with E-state index in [0.717, 1.165) is 5.69 Å². The third-order valence-corrected chi connectivity index (χ3v) is 2.43. The molecule has 2 rings (SSSR count). The van der Waals surface area contributed by atoms with Crippen molar-refractivity contribution in [1.82, 2.24) is 10.2 Å². The van der Waals surface area contributed by atoms with Gasteiger partial charge in [-0.1, -0.05) is 5.10 Å². The summed E-state index contributed by atoms with van der Waals surface area (Å²) in [6.45, 7) is 0.467. The first-order valence-electron chi connectivity index (χ1n) is 5.77. The second-order valence-corrected chi connectivity index (χ2v) is 3.77. The van der Waals surface area contributed by atoms with Crippen molar-refractivity contribution in [2.45, 2.75) is 6.42 Å². The van der Waals surface area contributed by atoms with Gasteiger partial charge in [0.05, 0.1) is 14.2 Å². The third kappa shape index (κ3) is 3.35. The van der Waals surface area contributed by atoms with Gasteiger partial charge in [-0.05, 0) is 0 Å². The number of anilines is 2. The largest absolute Gasteiger partial charge is 0.497 e. The fourth-order valence-electron chi connectivity index (χ4n) is 1.53. The quantitative estimate of drug-likeness (QED) is 0.812. The van der Waals surface area contributed by atoms with Gasteiger partial charge in [-0.2, -0.15) is 0 Å². The summed E-state index contributed by atoms with van der Waals surface area (Å²) in [6, 6.07) is 5.68. The maximum atomic E-state index is 5.42. The molecule has 0 aliphatic carbocycles. The van der Waals surface area contributed by atoms with Crippen LogP contribution in [-0.4, -0.2) is 31.0 Å². The van der Waals surface area contributed by atoms with Crippen molar-refractivity contribution in [2.24, 2.45) is 5.73 Å². The van der Waals surface area contributed by atoms with Gasteiger partial charge < -0.3 is 24.9 Å². The molecule has 0 aliphatic heterocycles. The molecule has 0 aliphatic rings. The lowest BCUT2D eigenvalue weighted by Crippen LogP contribution is -2.02. The van der Waals surface area contributed by atoms with E-state index in [4.69, 9.17) is 19.6 Å². The number of nitrogens with two attached hydrogens (primary N) is 1. The van der Waals surface area contributed by atoms with Crippen LogP contribution in [0.3, 0.4) is 0 Å². The Kier molecular flexibility index (Phi) is 4.19. The Morgan fingerprint density at radius 3 is 2.42 bits per heavy atom. The Morgan fingerprint density at radius 2 is 1.84 bits per heavy atom. The highest BCUT2D eigenvalue weighted by Crippen LogP contribution is 2.27. The molecule has 7 heteroatoms. The van der Waals surface area contributed by atoms with E-state index in [9.17, 15) is 0 Å². The number of hydrogen-bond donors (Lipinski definition) is 2. The Hall–Kier alpha value is -2.28. The highest BCUT2D eigenvalue weighted by atomic mass is 16.5. The number of benzene rings is 1. The number of nitrogens with one attached hydrogen (secondary N) is 1. The van der Waals surface area contributed by atoms with Crippen LogP contribution in [0.5, 0.6) is 11.5 Å². The van der Waals surface area contributed by atoms with Crippen LogP contribution in [0.1, 0.15) is 5.89 Å². The fraction of sp³-hybridized carbons (Fsp3) is 0.333. The molecule has 0 fully saturated rings. The van der Waals surface area contributed by atoms with Crippen molar-refractivity contribution in [2.75, 3.05) is 26.1 Å². The first-order valence-corrected chi connectivity index (χ1v) is 5.77. The lowest BCUT2D eigenvalue weighted by atomic mass is 10.3. The topological polar surface area (TPSA) is 95.4 Å². The number of aromatic nitrogens is 2. The van der Waals surface area contributed by atoms with Crippen LogP contribution in [0.15, 0.2) is 22.6 Å². The van der Waals surface area contributed by atoms with Crippen LogP contribution in [0, 0.1) is 0 Å². The number of rotatable bonds is 6. The van der Waals surface area contributed by atoms with Gasteiger partial charge in [-0.3, -0.25) is 0 Å². The smallest absolute Gasteiger partial charge is 0.320 e. The Bertz CT molecular complexity index is 519. The molecule has 0 saturated heterocycles. The fourth-order valence-corrected chi connectivity index (χ4v) is 1.53. The number of nitrogens with zero attached hydrogens (tertiary/aromatic N) is 2. The average Bonchev–Trinajstić information content (AvgIpc) is 2.86. The van der Waals surface area contributed by atoms with Crippen molar-refractivity contribution < 1.29 is 13.9 Å². The maximum absolute atomic E-state index is 5.42. The zero-order chi connectivity index (χ0) is 13.7. The van der Waals surface area contributed by atoms with Crippen molar-refractivity contribution in [1.29, 1.82) is 0 Å². The van der Waals surface area contributed by atoms with Gasteiger partial charge in [0.15, 0.2) is 0 Å². The molecular formula is C12H16N4O3. The average molecular weight is 264 g/mol. The Labute approximate surface area is 110 Å². The molecule has 1 heterocycles. The molecule has 0 saturated carbocycles. The standard InChI is InChI=1S/C12H16N4O3/c1-17-9-5-8(6-10(7-9)18-2)14-12-16-15-11(19-12)3-4-13/h5-7H,3-4,13H2,1-2H3,(H,14,16). The molecule has 0 bridgehead atoms. The molecule has 3 N–H and O–H groups in total. The van der Waals surface area contributed by atoms with E-state index in [-0.39, 0.29) is 0 Å². The number of methoxy groups -OCH3 is 2. The lowest BCUT2D eigenvalue weighted by molar-refractivity contribution is 0.394. The molecule has 1 aromatic carbocycles. The molecule has 2 aromatic rings. The predicted molar refractivity (Wildman–Crippen MR) is 69.9 cm³/mol. The molecule has 1 aromatic heterocycles. The molecule has 0 atom stereocenters. The Morgan fingerprint density at radius 1 is 1.16 bits per heavy atom. The van der Waals surface area contributed by atoms with Gasteiger partial charge in [0, 0.05) is 36.9 Å². The van der Waals surface area contributed by atoms with Crippen LogP contribution in [0.2, 0.25) is 0 Å². The van der Waals surface area contributed by atoms with Gasteiger partial charge in [0.2, 0.25) is 5.89 Å². The maximum Gasteiger partial charge on any atom is 0.320 e. The van der Waals surface area contributed by atoms with E-state index >= 15 is 0 Å². The number of hydrogen-bond acceptors (Lipinski definition) is 7. The number of ether oxygens (including phenoxy) is 2. The first-order chi connectivity index (χ1) is 9.25. The summed E-state index contributed by atoms with van der Waals surface area (Å²) >= 11 is 0. The summed E-state index contributed by atoms with van der Waals surface area (Å²) in [5, 5.41) is 10.7. The molecule has 0 spiro atoms. The summed E-state index contributed by atoms with van der Waals surface area (Å²) in [6.07, 6.45) is 0.552. The van der Waals surface area contributed by atoms with Gasteiger partial charge in [-0.15, -0.1) is 5.10 Å². The van der Waals surface area contributed by atoms with E-state index in [1.165, 1.54) is 0 Å². The molecular weight excluding hydrogens is 248 g/mol. The monoisotopic (exact) mass is 264 g/mol. The van der Waals surface area contributed by atoms with E-state index in [0.29, 0.717) is 36.4 Å². The summed E-state index contributed by atoms with van der Waals surface area (Å²) in [4.78, 5) is 0. The second kappa shape index (κ2) is 6.05. The zero-order valence-corrected chi connectivity index (χ0v) is 10.8. The van der Waals surface area contributed by atoms with Crippen LogP contribution >= 0.6 is 0 Å². The zero-order valence-electron chi connectivity index (χ0n) is 10.8. The summed E-state index contributed by atoms with van der Waals surface area (Å²) in [5.41, 5.74) is 6.15. The Balaban J connectivity index is 2.16. The molecule has 0 amide bonds. The van der Waals surface area contributed by atoms with E-state index in [1.807, 2.05) is 0 Å². The van der Waals surface area contributed by atoms with E-state index < -0.39 is 0 Å². The second-order valence-electron chi connectivity index (χ2n) is 3.77. The minimum absolute atomic E-state index is 0.304. The van der Waals surface area contributed by atoms with Gasteiger partial charge in [0.1, 0.15) is 11.5 Å². The molecule has 102 valence electrons. The summed E-state index contributed by atoms with van der Waals surface area (Å²) in [5.74, 6) is 1.84. The van der Waals surface area contributed by atoms with Crippen molar-refractivity contribution in [3.8, 4) is 11.5 Å². The molecule has 0 radical (unpaired) electrons. The van der Waals surface area contributed by atoms with Gasteiger partial charge in [0.25, 0.3) is 0 Å². The van der Waals surface area contributed by atoms with Crippen LogP contribution < -0.4 is 20.5 Å². The van der Waals surface area contributed by atoms with E-state index in [1.54, 1.807) is 32.4 Å². The first kappa shape index (κ1) is 13.2. The van der Waals surface area contributed by atoms with Crippen molar-refractivity contribution >= 4 is 11.7 Å². The SMILES string of the molecule is COc1cc(Nc2nnc(CCN)o2)cc(OC)c1. The van der Waals surface area contributed by atoms with Gasteiger partial charge in [-0.25, -0.2) is 0 Å². The minimum atomic E-state index is 0.304. The van der Waals surface area contributed by atoms with Gasteiger partial charge >= 0.3 is 6.01 Å². The highest BCUT2D eigenvalue weighted by Gasteiger charge is 2.07. The predicted octanol–water partition coefficient (Wildman–Crippen LogP) is 1.33. The van der Waals surface area contributed by atoms with E-state index in [2.05, 4.69) is 15.5 Å². The molecule has 7 nitrogen and oxygen atoms in total. The third-order valence-electron chi connectivity index (χ3n) is 2.43. The molecule has 19 heavy (non-hydrogen) atoms.